The number of amides is 2. The summed E-state index contributed by atoms with van der Waals surface area (Å²) in [6.45, 7) is 0.472. The van der Waals surface area contributed by atoms with Crippen molar-refractivity contribution in [2.45, 2.75) is 6.61 Å². The van der Waals surface area contributed by atoms with Gasteiger partial charge in [0.25, 0.3) is 11.8 Å². The summed E-state index contributed by atoms with van der Waals surface area (Å²) in [4.78, 5) is 23.6. The zero-order valence-electron chi connectivity index (χ0n) is 12.9. The average Bonchev–Trinajstić information content (AvgIpc) is 2.59. The number of nitrogens with one attached hydrogen (secondary N) is 2. The van der Waals surface area contributed by atoms with Gasteiger partial charge in [0.05, 0.1) is 0 Å². The van der Waals surface area contributed by atoms with E-state index in [-0.39, 0.29) is 10.7 Å². The van der Waals surface area contributed by atoms with Crippen molar-refractivity contribution >= 4 is 57.8 Å². The van der Waals surface area contributed by atoms with Gasteiger partial charge in [0, 0.05) is 3.57 Å². The molecule has 2 aromatic carbocycles. The smallest absolute Gasteiger partial charge is 0.263 e. The van der Waals surface area contributed by atoms with Crippen LogP contribution in [0.25, 0.3) is 6.08 Å². The Bertz CT molecular complexity index is 839. The van der Waals surface area contributed by atoms with Crippen LogP contribution in [0, 0.1) is 3.57 Å². The highest BCUT2D eigenvalue weighted by Crippen LogP contribution is 2.17. The van der Waals surface area contributed by atoms with Crippen LogP contribution in [0.3, 0.4) is 0 Å². The van der Waals surface area contributed by atoms with Gasteiger partial charge in [0.2, 0.25) is 0 Å². The number of hydrogen-bond donors (Lipinski definition) is 2. The first-order valence-corrected chi connectivity index (χ1v) is 8.85. The summed E-state index contributed by atoms with van der Waals surface area (Å²) in [5.41, 5.74) is 1.81. The molecule has 7 heteroatoms. The summed E-state index contributed by atoms with van der Waals surface area (Å²) in [5, 5.41) is 4.82. The minimum Gasteiger partial charge on any atom is -0.489 e. The molecular weight excluding hydrogens is 451 g/mol. The maximum atomic E-state index is 11.8. The van der Waals surface area contributed by atoms with Gasteiger partial charge in [0.15, 0.2) is 5.11 Å². The predicted octanol–water partition coefficient (Wildman–Crippen LogP) is 2.78. The Labute approximate surface area is 163 Å². The summed E-state index contributed by atoms with van der Waals surface area (Å²) >= 11 is 7.02. The van der Waals surface area contributed by atoms with Crippen LogP contribution in [0.5, 0.6) is 5.75 Å². The number of benzene rings is 2. The third kappa shape index (κ3) is 4.64. The highest BCUT2D eigenvalue weighted by molar-refractivity contribution is 14.1. The second-order valence-corrected chi connectivity index (χ2v) is 6.93. The van der Waals surface area contributed by atoms with Gasteiger partial charge in [-0.15, -0.1) is 0 Å². The Morgan fingerprint density at radius 1 is 0.960 bits per heavy atom. The minimum atomic E-state index is -0.507. The quantitative estimate of drug-likeness (QED) is 0.316. The number of thiocarbonyl (C=S) groups is 1. The molecule has 3 rings (SSSR count). The summed E-state index contributed by atoms with van der Waals surface area (Å²) in [6.07, 6.45) is 1.51. The second kappa shape index (κ2) is 7.75. The number of rotatable bonds is 4. The first kappa shape index (κ1) is 17.6. The third-order valence-electron chi connectivity index (χ3n) is 3.45. The lowest BCUT2D eigenvalue weighted by Crippen LogP contribution is -2.51. The highest BCUT2D eigenvalue weighted by atomic mass is 127. The van der Waals surface area contributed by atoms with Crippen LogP contribution in [-0.4, -0.2) is 16.9 Å². The van der Waals surface area contributed by atoms with Crippen LogP contribution in [0.2, 0.25) is 0 Å². The average molecular weight is 464 g/mol. The molecule has 1 aliphatic rings. The fraction of sp³-hybridized carbons (Fsp3) is 0.0556. The summed E-state index contributed by atoms with van der Waals surface area (Å²) in [6, 6.07) is 15.2. The predicted molar refractivity (Wildman–Crippen MR) is 107 cm³/mol. The lowest BCUT2D eigenvalue weighted by atomic mass is 10.1. The molecular formula is C18H13IN2O3S. The Morgan fingerprint density at radius 3 is 2.16 bits per heavy atom. The molecule has 2 aromatic rings. The van der Waals surface area contributed by atoms with Crippen LogP contribution in [0.4, 0.5) is 0 Å². The minimum absolute atomic E-state index is 0.0150. The molecule has 0 atom stereocenters. The molecule has 1 fully saturated rings. The van der Waals surface area contributed by atoms with Crippen molar-refractivity contribution < 1.29 is 14.3 Å². The molecule has 0 radical (unpaired) electrons. The van der Waals surface area contributed by atoms with Crippen LogP contribution in [0.15, 0.2) is 54.1 Å². The SMILES string of the molecule is O=C1NC(=S)NC(=O)C1=Cc1ccc(OCc2ccc(I)cc2)cc1. The summed E-state index contributed by atoms with van der Waals surface area (Å²) in [5.74, 6) is -0.306. The fourth-order valence-corrected chi connectivity index (χ4v) is 2.73. The first-order valence-electron chi connectivity index (χ1n) is 7.37. The summed E-state index contributed by atoms with van der Waals surface area (Å²) in [7, 11) is 0. The van der Waals surface area contributed by atoms with Crippen molar-refractivity contribution in [3.63, 3.8) is 0 Å². The largest absolute Gasteiger partial charge is 0.489 e. The molecule has 0 aromatic heterocycles. The molecule has 1 aliphatic heterocycles. The van der Waals surface area contributed by atoms with E-state index in [9.17, 15) is 9.59 Å². The van der Waals surface area contributed by atoms with Gasteiger partial charge in [-0.2, -0.15) is 0 Å². The number of carbonyl (C=O) groups excluding carboxylic acids is 2. The van der Waals surface area contributed by atoms with E-state index in [0.717, 1.165) is 11.1 Å². The van der Waals surface area contributed by atoms with E-state index >= 15 is 0 Å². The van der Waals surface area contributed by atoms with Gasteiger partial charge in [-0.3, -0.25) is 20.2 Å². The van der Waals surface area contributed by atoms with E-state index in [2.05, 4.69) is 33.2 Å². The third-order valence-corrected chi connectivity index (χ3v) is 4.38. The zero-order chi connectivity index (χ0) is 17.8. The number of halogens is 1. The van der Waals surface area contributed by atoms with Gasteiger partial charge in [-0.1, -0.05) is 24.3 Å². The number of ether oxygens (including phenoxy) is 1. The van der Waals surface area contributed by atoms with Crippen molar-refractivity contribution in [1.29, 1.82) is 0 Å². The van der Waals surface area contributed by atoms with Crippen molar-refractivity contribution in [3.05, 3.63) is 68.8 Å². The van der Waals surface area contributed by atoms with E-state index in [1.165, 1.54) is 9.65 Å². The van der Waals surface area contributed by atoms with Crippen molar-refractivity contribution in [3.8, 4) is 5.75 Å². The van der Waals surface area contributed by atoms with Gasteiger partial charge in [0.1, 0.15) is 17.9 Å². The van der Waals surface area contributed by atoms with Crippen LogP contribution < -0.4 is 15.4 Å². The molecule has 25 heavy (non-hydrogen) atoms. The van der Waals surface area contributed by atoms with Gasteiger partial charge >= 0.3 is 0 Å². The van der Waals surface area contributed by atoms with Crippen LogP contribution >= 0.6 is 34.8 Å². The van der Waals surface area contributed by atoms with E-state index in [0.29, 0.717) is 12.4 Å². The van der Waals surface area contributed by atoms with Crippen LogP contribution in [-0.2, 0) is 16.2 Å². The molecule has 0 bridgehead atoms. The maximum Gasteiger partial charge on any atom is 0.263 e. The Hall–Kier alpha value is -2.26. The van der Waals surface area contributed by atoms with E-state index in [1.54, 1.807) is 24.3 Å². The Morgan fingerprint density at radius 2 is 1.56 bits per heavy atom. The van der Waals surface area contributed by atoms with Gasteiger partial charge in [-0.05, 0) is 76.3 Å². The molecule has 1 saturated heterocycles. The van der Waals surface area contributed by atoms with Crippen LogP contribution in [0.1, 0.15) is 11.1 Å². The monoisotopic (exact) mass is 464 g/mol. The Balaban J connectivity index is 1.66. The molecule has 2 amide bonds. The number of carbonyl (C=O) groups is 2. The Kier molecular flexibility index (Phi) is 5.44. The molecule has 0 aliphatic carbocycles. The molecule has 126 valence electrons. The molecule has 0 spiro atoms. The maximum absolute atomic E-state index is 11.8. The van der Waals surface area contributed by atoms with E-state index in [4.69, 9.17) is 17.0 Å². The topological polar surface area (TPSA) is 67.4 Å². The van der Waals surface area contributed by atoms with Crippen molar-refractivity contribution in [2.75, 3.05) is 0 Å². The molecule has 1 heterocycles. The molecule has 0 unspecified atom stereocenters. The van der Waals surface area contributed by atoms with Gasteiger partial charge < -0.3 is 4.74 Å². The lowest BCUT2D eigenvalue weighted by molar-refractivity contribution is -0.123. The van der Waals surface area contributed by atoms with E-state index in [1.807, 2.05) is 24.3 Å². The standard InChI is InChI=1S/C18H13IN2O3S/c19-13-5-1-12(2-6-13)10-24-14-7-3-11(4-8-14)9-15-16(22)20-18(25)21-17(15)23/h1-9H,10H2,(H2,20,21,22,23,25). The highest BCUT2D eigenvalue weighted by Gasteiger charge is 2.25. The second-order valence-electron chi connectivity index (χ2n) is 5.28. The lowest BCUT2D eigenvalue weighted by Gasteiger charge is -2.16. The normalized spacial score (nSPS) is 14.0. The zero-order valence-corrected chi connectivity index (χ0v) is 15.9. The molecule has 5 nitrogen and oxygen atoms in total. The van der Waals surface area contributed by atoms with E-state index < -0.39 is 11.8 Å². The van der Waals surface area contributed by atoms with Gasteiger partial charge in [-0.25, -0.2) is 0 Å². The number of hydrogen-bond acceptors (Lipinski definition) is 4. The first-order chi connectivity index (χ1) is 12.0. The van der Waals surface area contributed by atoms with Crippen molar-refractivity contribution in [1.82, 2.24) is 10.6 Å². The molecule has 0 saturated carbocycles. The van der Waals surface area contributed by atoms with Crippen molar-refractivity contribution in [2.24, 2.45) is 0 Å². The summed E-state index contributed by atoms with van der Waals surface area (Å²) < 4.78 is 6.91. The molecule has 2 N–H and O–H groups in total. The fourth-order valence-electron chi connectivity index (χ4n) is 2.18.